The van der Waals surface area contributed by atoms with Crippen LogP contribution < -0.4 is 5.73 Å². The van der Waals surface area contributed by atoms with E-state index in [0.717, 1.165) is 0 Å². The Kier molecular flexibility index (Phi) is 6.26. The molecule has 3 aliphatic rings. The van der Waals surface area contributed by atoms with Crippen molar-refractivity contribution >= 4 is 35.0 Å². The molecule has 0 heterocycles. The number of fused-ring (bicyclic) bond motifs is 3. The van der Waals surface area contributed by atoms with Crippen molar-refractivity contribution in [2.75, 3.05) is 0 Å². The highest BCUT2D eigenvalue weighted by Gasteiger charge is 2.66. The zero-order valence-corrected chi connectivity index (χ0v) is 21.3. The van der Waals surface area contributed by atoms with Crippen LogP contribution in [0.5, 0.6) is 5.75 Å². The molecule has 202 valence electrons. The van der Waals surface area contributed by atoms with Gasteiger partial charge in [0.05, 0.1) is 23.1 Å². The summed E-state index contributed by atoms with van der Waals surface area (Å²) >= 11 is 0. The fourth-order valence-corrected chi connectivity index (χ4v) is 6.33. The third-order valence-corrected chi connectivity index (χ3v) is 8.04. The lowest BCUT2D eigenvalue weighted by atomic mass is 9.53. The van der Waals surface area contributed by atoms with Gasteiger partial charge in [0.2, 0.25) is 5.91 Å². The molecular weight excluding hydrogens is 506 g/mol. The van der Waals surface area contributed by atoms with E-state index in [2.05, 4.69) is 0 Å². The smallest absolute Gasteiger partial charge is 0.338 e. The summed E-state index contributed by atoms with van der Waals surface area (Å²) < 4.78 is 5.28. The molecule has 1 amide bonds. The molecule has 2 aromatic rings. The summed E-state index contributed by atoms with van der Waals surface area (Å²) in [5.41, 5.74) is 4.31. The lowest BCUT2D eigenvalue weighted by Crippen LogP contribution is -2.68. The maximum Gasteiger partial charge on any atom is 0.338 e. The quantitative estimate of drug-likeness (QED) is 0.388. The van der Waals surface area contributed by atoms with Gasteiger partial charge in [-0.05, 0) is 67.5 Å². The van der Waals surface area contributed by atoms with Gasteiger partial charge in [0.25, 0.3) is 0 Å². The average Bonchev–Trinajstić information content (AvgIpc) is 2.86. The van der Waals surface area contributed by atoms with Crippen molar-refractivity contribution in [2.45, 2.75) is 44.8 Å². The number of hydrogen-bond donors (Lipinski definition) is 3. The number of phenolic OH excluding ortho intramolecular Hbond substituents is 1. The lowest BCUT2D eigenvalue weighted by Gasteiger charge is -2.48. The lowest BCUT2D eigenvalue weighted by molar-refractivity contribution is -0.175. The van der Waals surface area contributed by atoms with Crippen molar-refractivity contribution < 1.29 is 43.7 Å². The van der Waals surface area contributed by atoms with Crippen LogP contribution in [0, 0.1) is 23.7 Å². The summed E-state index contributed by atoms with van der Waals surface area (Å²) in [6.45, 7) is 3.46. The predicted molar refractivity (Wildman–Crippen MR) is 134 cm³/mol. The molecule has 10 nitrogen and oxygen atoms in total. The monoisotopic (exact) mass is 533 g/mol. The minimum Gasteiger partial charge on any atom is -0.507 e. The van der Waals surface area contributed by atoms with Crippen molar-refractivity contribution in [3.05, 3.63) is 53.1 Å². The molecular formula is C29H27NO9. The normalized spacial score (nSPS) is 28.0. The first-order valence-corrected chi connectivity index (χ1v) is 12.7. The van der Waals surface area contributed by atoms with Crippen molar-refractivity contribution in [1.29, 1.82) is 0 Å². The first kappa shape index (κ1) is 26.4. The third-order valence-electron chi connectivity index (χ3n) is 8.04. The van der Waals surface area contributed by atoms with Crippen LogP contribution in [0.4, 0.5) is 0 Å². The molecule has 2 unspecified atom stereocenters. The van der Waals surface area contributed by atoms with Crippen LogP contribution >= 0.6 is 0 Å². The van der Waals surface area contributed by atoms with E-state index in [1.807, 2.05) is 0 Å². The number of hydrogen-bond acceptors (Lipinski definition) is 9. The molecule has 3 aliphatic carbocycles. The Morgan fingerprint density at radius 2 is 1.77 bits per heavy atom. The maximum absolute atomic E-state index is 13.7. The summed E-state index contributed by atoms with van der Waals surface area (Å²) in [7, 11) is 0. The number of aromatic hydroxyl groups is 1. The van der Waals surface area contributed by atoms with Gasteiger partial charge in [-0.3, -0.25) is 24.0 Å². The van der Waals surface area contributed by atoms with E-state index >= 15 is 0 Å². The van der Waals surface area contributed by atoms with E-state index in [9.17, 15) is 39.0 Å². The predicted octanol–water partition coefficient (Wildman–Crippen LogP) is 1.56. The molecule has 0 bridgehead atoms. The van der Waals surface area contributed by atoms with Gasteiger partial charge >= 0.3 is 5.97 Å². The van der Waals surface area contributed by atoms with E-state index in [-0.39, 0.29) is 30.3 Å². The third kappa shape index (κ3) is 3.97. The summed E-state index contributed by atoms with van der Waals surface area (Å²) in [5, 5.41) is 22.0. The fraction of sp³-hybridized carbons (Fsp3) is 0.379. The summed E-state index contributed by atoms with van der Waals surface area (Å²) in [5.74, 6) is -11.2. The highest BCUT2D eigenvalue weighted by atomic mass is 16.5. The second kappa shape index (κ2) is 9.23. The van der Waals surface area contributed by atoms with Crippen molar-refractivity contribution in [1.82, 2.24) is 0 Å². The Morgan fingerprint density at radius 3 is 2.44 bits per heavy atom. The number of benzene rings is 2. The molecule has 0 aliphatic heterocycles. The Balaban J connectivity index is 1.57. The summed E-state index contributed by atoms with van der Waals surface area (Å²) in [4.78, 5) is 77.2. The highest BCUT2D eigenvalue weighted by Crippen LogP contribution is 2.51. The van der Waals surface area contributed by atoms with Gasteiger partial charge in [-0.2, -0.15) is 0 Å². The van der Waals surface area contributed by atoms with Gasteiger partial charge in [0.15, 0.2) is 34.7 Å². The molecule has 39 heavy (non-hydrogen) atoms. The minimum atomic E-state index is -2.69. The van der Waals surface area contributed by atoms with E-state index in [1.165, 1.54) is 6.07 Å². The molecule has 10 heteroatoms. The summed E-state index contributed by atoms with van der Waals surface area (Å²) in [6, 6.07) is 9.53. The molecule has 0 radical (unpaired) electrons. The topological polar surface area (TPSA) is 178 Å². The Morgan fingerprint density at radius 1 is 1.05 bits per heavy atom. The second-order valence-corrected chi connectivity index (χ2v) is 10.8. The van der Waals surface area contributed by atoms with Gasteiger partial charge in [0.1, 0.15) is 5.75 Å². The van der Waals surface area contributed by atoms with Gasteiger partial charge < -0.3 is 20.7 Å². The van der Waals surface area contributed by atoms with Crippen LogP contribution in [-0.4, -0.2) is 56.9 Å². The SMILES string of the molecule is CC(C)OC(=O)c1cccc(-c2ccc(O)c3c2C[C@H]2C[C@H]4CC(=O)C(C(N)=O)C(=O)[C@@]4(O)C(=O)C2C3=O)c1. The Labute approximate surface area is 223 Å². The number of carbonyl (C=O) groups is 6. The van der Waals surface area contributed by atoms with Crippen molar-refractivity contribution in [3.8, 4) is 16.9 Å². The van der Waals surface area contributed by atoms with E-state index in [1.54, 1.807) is 44.2 Å². The van der Waals surface area contributed by atoms with E-state index < -0.39 is 70.7 Å². The molecule has 2 aromatic carbocycles. The highest BCUT2D eigenvalue weighted by molar-refractivity contribution is 6.31. The number of amides is 1. The molecule has 2 fully saturated rings. The molecule has 5 atom stereocenters. The number of nitrogens with two attached hydrogens (primary N) is 1. The van der Waals surface area contributed by atoms with Crippen LogP contribution in [-0.2, 0) is 30.3 Å². The first-order chi connectivity index (χ1) is 18.4. The number of rotatable bonds is 4. The van der Waals surface area contributed by atoms with Crippen LogP contribution in [0.25, 0.3) is 11.1 Å². The van der Waals surface area contributed by atoms with Gasteiger partial charge in [-0.1, -0.05) is 18.2 Å². The molecule has 4 N–H and O–H groups in total. The number of carbonyl (C=O) groups excluding carboxylic acids is 6. The van der Waals surface area contributed by atoms with Crippen LogP contribution in [0.3, 0.4) is 0 Å². The molecule has 2 saturated carbocycles. The first-order valence-electron chi connectivity index (χ1n) is 12.7. The number of Topliss-reactive ketones (excluding diaryl/α,β-unsaturated/α-hetero) is 4. The standard InChI is InChI=1S/C29H27NO9/c1-12(2)39-28(37)14-5-3-4-13(8-14)17-6-7-19(31)22-18(17)10-15-9-16-11-20(32)23(27(30)36)26(35)29(16,38)25(34)21(15)24(22)33/h3-8,12,15-16,21,23,31,38H,9-11H2,1-2H3,(H2,30,36)/t15-,16+,21?,23?,29+/m1/s1. The van der Waals surface area contributed by atoms with Gasteiger partial charge in [0, 0.05) is 12.3 Å². The largest absolute Gasteiger partial charge is 0.507 e. The zero-order valence-electron chi connectivity index (χ0n) is 21.3. The van der Waals surface area contributed by atoms with Crippen molar-refractivity contribution in [3.63, 3.8) is 0 Å². The zero-order chi connectivity index (χ0) is 28.4. The van der Waals surface area contributed by atoms with E-state index in [4.69, 9.17) is 10.5 Å². The number of primary amides is 1. The Bertz CT molecular complexity index is 1480. The van der Waals surface area contributed by atoms with E-state index in [0.29, 0.717) is 22.3 Å². The van der Waals surface area contributed by atoms with Gasteiger partial charge in [-0.25, -0.2) is 4.79 Å². The average molecular weight is 534 g/mol. The number of phenols is 1. The Hall–Kier alpha value is -4.18. The molecule has 0 spiro atoms. The number of ether oxygens (including phenoxy) is 1. The number of ketones is 4. The van der Waals surface area contributed by atoms with Crippen LogP contribution in [0.15, 0.2) is 36.4 Å². The number of esters is 1. The van der Waals surface area contributed by atoms with Crippen LogP contribution in [0.1, 0.15) is 53.0 Å². The van der Waals surface area contributed by atoms with Gasteiger partial charge in [-0.15, -0.1) is 0 Å². The van der Waals surface area contributed by atoms with Crippen LogP contribution in [0.2, 0.25) is 0 Å². The second-order valence-electron chi connectivity index (χ2n) is 10.8. The molecule has 0 saturated heterocycles. The molecule has 0 aromatic heterocycles. The molecule has 5 rings (SSSR count). The maximum atomic E-state index is 13.7. The minimum absolute atomic E-state index is 0.00308. The number of aliphatic hydroxyl groups is 1. The fourth-order valence-electron chi connectivity index (χ4n) is 6.33. The van der Waals surface area contributed by atoms with Crippen molar-refractivity contribution in [2.24, 2.45) is 29.4 Å². The summed E-state index contributed by atoms with van der Waals surface area (Å²) in [6.07, 6.45) is -0.595.